The number of hydrogen-bond acceptors (Lipinski definition) is 3. The summed E-state index contributed by atoms with van der Waals surface area (Å²) in [6.45, 7) is 4.07. The molecule has 1 N–H and O–H groups in total. The van der Waals surface area contributed by atoms with Crippen LogP contribution in [-0.2, 0) is 6.42 Å². The van der Waals surface area contributed by atoms with Gasteiger partial charge in [0.25, 0.3) is 0 Å². The van der Waals surface area contributed by atoms with Crippen molar-refractivity contribution in [3.8, 4) is 11.8 Å². The maximum absolute atomic E-state index is 9.49. The van der Waals surface area contributed by atoms with Crippen LogP contribution in [0.1, 0.15) is 30.4 Å². The summed E-state index contributed by atoms with van der Waals surface area (Å²) in [5.74, 6) is 1.17. The molecule has 0 spiro atoms. The number of benzene rings is 1. The molecule has 2 atom stereocenters. The van der Waals surface area contributed by atoms with Crippen LogP contribution in [0.5, 0.6) is 5.75 Å². The lowest BCUT2D eigenvalue weighted by Crippen LogP contribution is -2.16. The van der Waals surface area contributed by atoms with E-state index in [0.717, 1.165) is 37.2 Å². The molecule has 2 rings (SSSR count). The minimum atomic E-state index is -0.0681. The number of rotatable bonds is 4. The van der Waals surface area contributed by atoms with Gasteiger partial charge in [0.05, 0.1) is 19.1 Å². The van der Waals surface area contributed by atoms with Crippen molar-refractivity contribution in [2.45, 2.75) is 25.7 Å². The molecule has 18 heavy (non-hydrogen) atoms. The van der Waals surface area contributed by atoms with Gasteiger partial charge in [-0.15, -0.1) is 0 Å². The third-order valence-corrected chi connectivity index (χ3v) is 3.75. The van der Waals surface area contributed by atoms with Gasteiger partial charge in [0, 0.05) is 5.56 Å². The Bertz CT molecular complexity index is 444. The highest BCUT2D eigenvalue weighted by atomic mass is 16.5. The zero-order valence-corrected chi connectivity index (χ0v) is 11.1. The fourth-order valence-corrected chi connectivity index (χ4v) is 2.64. The fourth-order valence-electron chi connectivity index (χ4n) is 2.64. The summed E-state index contributed by atoms with van der Waals surface area (Å²) in [5.41, 5.74) is 2.31. The van der Waals surface area contributed by atoms with Gasteiger partial charge in [-0.05, 0) is 43.5 Å². The van der Waals surface area contributed by atoms with Crippen LogP contribution in [0.4, 0.5) is 0 Å². The Balaban J connectivity index is 2.36. The molecule has 0 radical (unpaired) electrons. The van der Waals surface area contributed by atoms with Gasteiger partial charge in [0.2, 0.25) is 0 Å². The van der Waals surface area contributed by atoms with E-state index in [-0.39, 0.29) is 5.92 Å². The lowest BCUT2D eigenvalue weighted by atomic mass is 9.85. The van der Waals surface area contributed by atoms with Gasteiger partial charge in [0.15, 0.2) is 0 Å². The number of hydrogen-bond donors (Lipinski definition) is 1. The second kappa shape index (κ2) is 5.88. The first-order valence-corrected chi connectivity index (χ1v) is 6.57. The number of methoxy groups -OCH3 is 1. The maximum Gasteiger partial charge on any atom is 0.123 e. The summed E-state index contributed by atoms with van der Waals surface area (Å²) < 4.78 is 5.42. The molecule has 3 nitrogen and oxygen atoms in total. The molecule has 0 bridgehead atoms. The molecule has 1 aromatic carbocycles. The van der Waals surface area contributed by atoms with Crippen LogP contribution >= 0.6 is 0 Å². The Morgan fingerprint density at radius 3 is 2.94 bits per heavy atom. The lowest BCUT2D eigenvalue weighted by Gasteiger charge is -2.19. The maximum atomic E-state index is 9.49. The minimum absolute atomic E-state index is 0.0681. The fraction of sp³-hybridized carbons (Fsp3) is 0.533. The Labute approximate surface area is 109 Å². The van der Waals surface area contributed by atoms with Crippen molar-refractivity contribution < 1.29 is 4.74 Å². The minimum Gasteiger partial charge on any atom is -0.496 e. The summed E-state index contributed by atoms with van der Waals surface area (Å²) in [4.78, 5) is 0. The van der Waals surface area contributed by atoms with Crippen molar-refractivity contribution in [3.05, 3.63) is 29.3 Å². The number of nitrogens with zero attached hydrogens (tertiary/aromatic N) is 1. The first-order chi connectivity index (χ1) is 8.80. The van der Waals surface area contributed by atoms with Crippen molar-refractivity contribution in [3.63, 3.8) is 0 Å². The zero-order chi connectivity index (χ0) is 13.0. The largest absolute Gasteiger partial charge is 0.496 e. The summed E-state index contributed by atoms with van der Waals surface area (Å²) in [7, 11) is 1.67. The van der Waals surface area contributed by atoms with E-state index >= 15 is 0 Å². The van der Waals surface area contributed by atoms with Crippen molar-refractivity contribution in [2.75, 3.05) is 20.2 Å². The monoisotopic (exact) mass is 244 g/mol. The smallest absolute Gasteiger partial charge is 0.123 e. The molecule has 1 aliphatic heterocycles. The number of aryl methyl sites for hydroxylation is 1. The lowest BCUT2D eigenvalue weighted by molar-refractivity contribution is 0.401. The summed E-state index contributed by atoms with van der Waals surface area (Å²) in [6.07, 6.45) is 2.05. The average Bonchev–Trinajstić information content (AvgIpc) is 2.93. The SMILES string of the molecule is CCc1ccc(OC)c(C(C#N)C2CCNC2)c1. The third-order valence-electron chi connectivity index (χ3n) is 3.75. The normalized spacial score (nSPS) is 20.4. The highest BCUT2D eigenvalue weighted by Gasteiger charge is 2.28. The topological polar surface area (TPSA) is 45.0 Å². The average molecular weight is 244 g/mol. The predicted molar refractivity (Wildman–Crippen MR) is 71.7 cm³/mol. The van der Waals surface area contributed by atoms with Crippen molar-refractivity contribution in [1.29, 1.82) is 5.26 Å². The highest BCUT2D eigenvalue weighted by molar-refractivity contribution is 5.42. The number of nitrogens with one attached hydrogen (secondary N) is 1. The molecular formula is C15H20N2O. The predicted octanol–water partition coefficient (Wildman–Crippen LogP) is 2.47. The van der Waals surface area contributed by atoms with E-state index in [2.05, 4.69) is 30.4 Å². The molecule has 1 aromatic rings. The van der Waals surface area contributed by atoms with Crippen LogP contribution in [0.15, 0.2) is 18.2 Å². The molecule has 0 saturated carbocycles. The van der Waals surface area contributed by atoms with E-state index in [0.29, 0.717) is 5.92 Å². The van der Waals surface area contributed by atoms with Crippen molar-refractivity contribution >= 4 is 0 Å². The first kappa shape index (κ1) is 12.9. The van der Waals surface area contributed by atoms with Crippen LogP contribution in [0.25, 0.3) is 0 Å². The molecule has 1 fully saturated rings. The van der Waals surface area contributed by atoms with Crippen molar-refractivity contribution in [2.24, 2.45) is 5.92 Å². The Morgan fingerprint density at radius 1 is 1.56 bits per heavy atom. The van der Waals surface area contributed by atoms with Gasteiger partial charge >= 0.3 is 0 Å². The van der Waals surface area contributed by atoms with E-state index < -0.39 is 0 Å². The van der Waals surface area contributed by atoms with Gasteiger partial charge in [-0.25, -0.2) is 0 Å². The molecule has 0 aromatic heterocycles. The molecular weight excluding hydrogens is 224 g/mol. The van der Waals surface area contributed by atoms with E-state index in [1.165, 1.54) is 5.56 Å². The Hall–Kier alpha value is -1.53. The molecule has 1 heterocycles. The van der Waals surface area contributed by atoms with Crippen LogP contribution in [0, 0.1) is 17.2 Å². The standard InChI is InChI=1S/C15H20N2O/c1-3-11-4-5-15(18-2)13(8-11)14(9-16)12-6-7-17-10-12/h4-5,8,12,14,17H,3,6-7,10H2,1-2H3. The summed E-state index contributed by atoms with van der Waals surface area (Å²) in [6, 6.07) is 8.66. The second-order valence-electron chi connectivity index (χ2n) is 4.79. The quantitative estimate of drug-likeness (QED) is 0.885. The molecule has 0 aliphatic carbocycles. The number of ether oxygens (including phenoxy) is 1. The molecule has 1 saturated heterocycles. The van der Waals surface area contributed by atoms with E-state index in [9.17, 15) is 5.26 Å². The molecule has 0 amide bonds. The molecule has 2 unspecified atom stereocenters. The van der Waals surface area contributed by atoms with Gasteiger partial charge in [-0.2, -0.15) is 5.26 Å². The van der Waals surface area contributed by atoms with Gasteiger partial charge in [-0.3, -0.25) is 0 Å². The summed E-state index contributed by atoms with van der Waals surface area (Å²) in [5, 5.41) is 12.8. The molecule has 1 aliphatic rings. The van der Waals surface area contributed by atoms with Crippen LogP contribution < -0.4 is 10.1 Å². The zero-order valence-electron chi connectivity index (χ0n) is 11.1. The van der Waals surface area contributed by atoms with E-state index in [1.807, 2.05) is 6.07 Å². The van der Waals surface area contributed by atoms with Gasteiger partial charge < -0.3 is 10.1 Å². The summed E-state index contributed by atoms with van der Waals surface area (Å²) >= 11 is 0. The van der Waals surface area contributed by atoms with Gasteiger partial charge in [0.1, 0.15) is 5.75 Å². The van der Waals surface area contributed by atoms with Crippen LogP contribution in [-0.4, -0.2) is 20.2 Å². The van der Waals surface area contributed by atoms with Gasteiger partial charge in [-0.1, -0.05) is 19.1 Å². The highest BCUT2D eigenvalue weighted by Crippen LogP contribution is 2.35. The molecule has 3 heteroatoms. The van der Waals surface area contributed by atoms with E-state index in [1.54, 1.807) is 7.11 Å². The second-order valence-corrected chi connectivity index (χ2v) is 4.79. The van der Waals surface area contributed by atoms with Crippen LogP contribution in [0.3, 0.4) is 0 Å². The van der Waals surface area contributed by atoms with Crippen molar-refractivity contribution in [1.82, 2.24) is 5.32 Å². The van der Waals surface area contributed by atoms with Crippen LogP contribution in [0.2, 0.25) is 0 Å². The Morgan fingerprint density at radius 2 is 2.39 bits per heavy atom. The first-order valence-electron chi connectivity index (χ1n) is 6.57. The number of nitriles is 1. The van der Waals surface area contributed by atoms with E-state index in [4.69, 9.17) is 4.74 Å². The molecule has 96 valence electrons. The Kier molecular flexibility index (Phi) is 4.22. The third kappa shape index (κ3) is 2.49.